The van der Waals surface area contributed by atoms with Gasteiger partial charge in [0.2, 0.25) is 11.8 Å². The van der Waals surface area contributed by atoms with Gasteiger partial charge in [0.05, 0.1) is 5.69 Å². The van der Waals surface area contributed by atoms with Crippen molar-refractivity contribution in [2.24, 2.45) is 17.6 Å². The number of hydrogen-bond donors (Lipinski definition) is 2. The van der Waals surface area contributed by atoms with E-state index >= 15 is 0 Å². The second-order valence-corrected chi connectivity index (χ2v) is 7.53. The number of carbonyl (C=O) groups is 2. The Labute approximate surface area is 163 Å². The van der Waals surface area contributed by atoms with E-state index in [1.54, 1.807) is 4.90 Å². The Hall–Kier alpha value is -1.11. The minimum absolute atomic E-state index is 0. The highest BCUT2D eigenvalue weighted by molar-refractivity contribution is 9.10. The van der Waals surface area contributed by atoms with Gasteiger partial charge in [-0.05, 0) is 59.8 Å². The maximum atomic E-state index is 12.7. The van der Waals surface area contributed by atoms with Crippen LogP contribution < -0.4 is 16.0 Å². The van der Waals surface area contributed by atoms with E-state index in [1.807, 2.05) is 24.3 Å². The van der Waals surface area contributed by atoms with Gasteiger partial charge in [0.15, 0.2) is 0 Å². The molecule has 1 aliphatic heterocycles. The second-order valence-electron chi connectivity index (χ2n) is 6.68. The van der Waals surface area contributed by atoms with Crippen LogP contribution in [-0.2, 0) is 9.59 Å². The predicted octanol–water partition coefficient (Wildman–Crippen LogP) is 2.86. The van der Waals surface area contributed by atoms with Crippen molar-refractivity contribution in [2.45, 2.75) is 38.1 Å². The largest absolute Gasteiger partial charge is 0.352 e. The summed E-state index contributed by atoms with van der Waals surface area (Å²) in [5, 5.41) is 3.10. The summed E-state index contributed by atoms with van der Waals surface area (Å²) in [6.07, 6.45) is 4.87. The number of nitrogens with two attached hydrogens (primary N) is 1. The lowest BCUT2D eigenvalue weighted by molar-refractivity contribution is -0.133. The number of halogens is 2. The van der Waals surface area contributed by atoms with Crippen molar-refractivity contribution in [2.75, 3.05) is 18.0 Å². The van der Waals surface area contributed by atoms with E-state index in [-0.39, 0.29) is 30.3 Å². The summed E-state index contributed by atoms with van der Waals surface area (Å²) >= 11 is 3.48. The molecule has 0 aromatic heterocycles. The molecule has 1 saturated carbocycles. The van der Waals surface area contributed by atoms with Crippen LogP contribution in [0.4, 0.5) is 5.69 Å². The molecule has 1 saturated heterocycles. The lowest BCUT2D eigenvalue weighted by Crippen LogP contribution is -2.48. The molecule has 0 radical (unpaired) electrons. The van der Waals surface area contributed by atoms with Crippen LogP contribution in [0.3, 0.4) is 0 Å². The molecule has 1 aromatic rings. The second kappa shape index (κ2) is 9.01. The quantitative estimate of drug-likeness (QED) is 0.721. The zero-order valence-corrected chi connectivity index (χ0v) is 16.5. The number of anilines is 1. The molecule has 5 nitrogen and oxygen atoms in total. The van der Waals surface area contributed by atoms with E-state index in [2.05, 4.69) is 21.2 Å². The number of para-hydroxylation sites is 1. The first-order valence-corrected chi connectivity index (χ1v) is 9.47. The molecule has 3 N–H and O–H groups in total. The van der Waals surface area contributed by atoms with Crippen molar-refractivity contribution in [1.82, 2.24) is 5.32 Å². The smallest absolute Gasteiger partial charge is 0.239 e. The summed E-state index contributed by atoms with van der Waals surface area (Å²) < 4.78 is 0.870. The molecule has 1 heterocycles. The normalized spacial score (nSPS) is 26.2. The van der Waals surface area contributed by atoms with E-state index in [0.29, 0.717) is 25.4 Å². The molecule has 2 amide bonds. The summed E-state index contributed by atoms with van der Waals surface area (Å²) in [5.41, 5.74) is 6.66. The van der Waals surface area contributed by atoms with Gasteiger partial charge >= 0.3 is 0 Å². The Kier molecular flexibility index (Phi) is 7.28. The van der Waals surface area contributed by atoms with Crippen LogP contribution in [-0.4, -0.2) is 30.9 Å². The molecule has 2 aliphatic rings. The fraction of sp³-hybridized carbons (Fsp3) is 0.556. The third-order valence-electron chi connectivity index (χ3n) is 5.20. The lowest BCUT2D eigenvalue weighted by Gasteiger charge is -2.32. The van der Waals surface area contributed by atoms with Crippen LogP contribution in [0.15, 0.2) is 28.7 Å². The Morgan fingerprint density at radius 3 is 2.68 bits per heavy atom. The van der Waals surface area contributed by atoms with E-state index in [4.69, 9.17) is 5.73 Å². The van der Waals surface area contributed by atoms with Crippen LogP contribution in [0, 0.1) is 11.8 Å². The topological polar surface area (TPSA) is 75.4 Å². The van der Waals surface area contributed by atoms with Gasteiger partial charge in [-0.15, -0.1) is 12.4 Å². The first-order valence-electron chi connectivity index (χ1n) is 8.68. The van der Waals surface area contributed by atoms with Crippen molar-refractivity contribution in [3.63, 3.8) is 0 Å². The third kappa shape index (κ3) is 4.36. The third-order valence-corrected chi connectivity index (χ3v) is 5.88. The standard InChI is InChI=1S/C18H24BrN3O2.ClH/c19-14-6-2-4-8-16(14)22-10-9-13(18(22)24)17(23)21-15-7-3-1-5-12(15)11-20;/h2,4,6,8,12-13,15H,1,3,5,7,9-11,20H2,(H,21,23);1H. The van der Waals surface area contributed by atoms with Crippen LogP contribution >= 0.6 is 28.3 Å². The van der Waals surface area contributed by atoms with Gasteiger partial charge in [-0.25, -0.2) is 0 Å². The predicted molar refractivity (Wildman–Crippen MR) is 105 cm³/mol. The summed E-state index contributed by atoms with van der Waals surface area (Å²) in [4.78, 5) is 27.1. The first-order chi connectivity index (χ1) is 11.6. The SMILES string of the molecule is Cl.NCC1CCCCC1NC(=O)C1CCN(c2ccccc2Br)C1=O. The van der Waals surface area contributed by atoms with E-state index in [0.717, 1.165) is 29.4 Å². The number of hydrogen-bond acceptors (Lipinski definition) is 3. The van der Waals surface area contributed by atoms with Crippen LogP contribution in [0.1, 0.15) is 32.1 Å². The lowest BCUT2D eigenvalue weighted by atomic mass is 9.84. The highest BCUT2D eigenvalue weighted by atomic mass is 79.9. The van der Waals surface area contributed by atoms with Crippen molar-refractivity contribution in [1.29, 1.82) is 0 Å². The number of rotatable bonds is 4. The van der Waals surface area contributed by atoms with Crippen molar-refractivity contribution in [3.8, 4) is 0 Å². The molecule has 7 heteroatoms. The maximum Gasteiger partial charge on any atom is 0.239 e. The van der Waals surface area contributed by atoms with Crippen LogP contribution in [0.5, 0.6) is 0 Å². The Morgan fingerprint density at radius 1 is 1.24 bits per heavy atom. The van der Waals surface area contributed by atoms with Crippen molar-refractivity contribution >= 4 is 45.8 Å². The van der Waals surface area contributed by atoms with Gasteiger partial charge in [-0.3, -0.25) is 9.59 Å². The Bertz CT molecular complexity index is 628. The van der Waals surface area contributed by atoms with Gasteiger partial charge < -0.3 is 16.0 Å². The summed E-state index contributed by atoms with van der Waals surface area (Å²) in [7, 11) is 0. The zero-order valence-electron chi connectivity index (χ0n) is 14.1. The number of amides is 2. The first kappa shape index (κ1) is 20.2. The number of nitrogens with one attached hydrogen (secondary N) is 1. The fourth-order valence-electron chi connectivity index (χ4n) is 3.80. The number of carbonyl (C=O) groups excluding carboxylic acids is 2. The van der Waals surface area contributed by atoms with E-state index < -0.39 is 5.92 Å². The molecular weight excluding hydrogens is 406 g/mol. The van der Waals surface area contributed by atoms with Gasteiger partial charge in [0.1, 0.15) is 5.92 Å². The molecule has 3 atom stereocenters. The molecule has 1 aromatic carbocycles. The minimum Gasteiger partial charge on any atom is -0.352 e. The Morgan fingerprint density at radius 2 is 1.96 bits per heavy atom. The zero-order chi connectivity index (χ0) is 17.1. The van der Waals surface area contributed by atoms with Crippen LogP contribution in [0.2, 0.25) is 0 Å². The fourth-order valence-corrected chi connectivity index (χ4v) is 4.29. The van der Waals surface area contributed by atoms with Gasteiger partial charge in [-0.2, -0.15) is 0 Å². The molecule has 1 aliphatic carbocycles. The van der Waals surface area contributed by atoms with Crippen LogP contribution in [0.25, 0.3) is 0 Å². The van der Waals surface area contributed by atoms with E-state index in [1.165, 1.54) is 6.42 Å². The van der Waals surface area contributed by atoms with E-state index in [9.17, 15) is 9.59 Å². The number of nitrogens with zero attached hydrogens (tertiary/aromatic N) is 1. The number of benzene rings is 1. The minimum atomic E-state index is -0.586. The summed E-state index contributed by atoms with van der Waals surface area (Å²) in [6, 6.07) is 7.72. The average molecular weight is 431 g/mol. The molecule has 2 fully saturated rings. The highest BCUT2D eigenvalue weighted by Gasteiger charge is 2.39. The molecule has 3 rings (SSSR count). The maximum absolute atomic E-state index is 12.7. The van der Waals surface area contributed by atoms with Gasteiger partial charge in [-0.1, -0.05) is 25.0 Å². The average Bonchev–Trinajstić information content (AvgIpc) is 2.97. The molecule has 138 valence electrons. The molecular formula is C18H25BrClN3O2. The monoisotopic (exact) mass is 429 g/mol. The molecule has 3 unspecified atom stereocenters. The van der Waals surface area contributed by atoms with Gasteiger partial charge in [0.25, 0.3) is 0 Å². The van der Waals surface area contributed by atoms with Crippen molar-refractivity contribution < 1.29 is 9.59 Å². The van der Waals surface area contributed by atoms with Gasteiger partial charge in [0, 0.05) is 17.1 Å². The van der Waals surface area contributed by atoms with Crippen molar-refractivity contribution in [3.05, 3.63) is 28.7 Å². The molecule has 0 spiro atoms. The summed E-state index contributed by atoms with van der Waals surface area (Å²) in [6.45, 7) is 1.16. The molecule has 0 bridgehead atoms. The summed E-state index contributed by atoms with van der Waals surface area (Å²) in [5.74, 6) is -0.504. The Balaban J connectivity index is 0.00000225. The highest BCUT2D eigenvalue weighted by Crippen LogP contribution is 2.32. The molecule has 25 heavy (non-hydrogen) atoms.